The first-order valence-corrected chi connectivity index (χ1v) is 16.7. The lowest BCUT2D eigenvalue weighted by Gasteiger charge is -2.36. The Kier molecular flexibility index (Phi) is 16.0. The van der Waals surface area contributed by atoms with Gasteiger partial charge in [0, 0.05) is 81.8 Å². The summed E-state index contributed by atoms with van der Waals surface area (Å²) in [7, 11) is -2.55. The predicted molar refractivity (Wildman–Crippen MR) is 98.2 cm³/mol. The molecule has 0 unspecified atom stereocenters. The second-order valence-corrected chi connectivity index (χ2v) is 23.7. The first kappa shape index (κ1) is 30.9. The van der Waals surface area contributed by atoms with E-state index in [9.17, 15) is 5.11 Å². The zero-order valence-electron chi connectivity index (χ0n) is 15.3. The van der Waals surface area contributed by atoms with Crippen LogP contribution in [-0.4, -0.2) is 90.2 Å². The maximum absolute atomic E-state index is 10.1. The van der Waals surface area contributed by atoms with Gasteiger partial charge >= 0.3 is 0 Å². The molecule has 0 aromatic heterocycles. The number of aliphatic hydroxyl groups excluding tert-OH is 1. The molecule has 0 rings (SSSR count). The van der Waals surface area contributed by atoms with Crippen molar-refractivity contribution in [1.82, 2.24) is 0 Å². The van der Waals surface area contributed by atoms with Gasteiger partial charge in [-0.15, -0.1) is 0 Å². The summed E-state index contributed by atoms with van der Waals surface area (Å²) in [4.78, 5) is 0. The van der Waals surface area contributed by atoms with E-state index >= 15 is 0 Å². The molecule has 0 aliphatic heterocycles. The van der Waals surface area contributed by atoms with Crippen molar-refractivity contribution in [2.24, 2.45) is 5.41 Å². The number of aliphatic hydroxyl groups is 1. The molecule has 0 aliphatic carbocycles. The van der Waals surface area contributed by atoms with E-state index in [0.717, 1.165) is 0 Å². The van der Waals surface area contributed by atoms with Crippen LogP contribution in [0.2, 0.25) is 0 Å². The van der Waals surface area contributed by atoms with Gasteiger partial charge in [0.2, 0.25) is 0 Å². The van der Waals surface area contributed by atoms with Gasteiger partial charge in [-0.1, -0.05) is 0 Å². The molecule has 0 radical (unpaired) electrons. The standard InChI is InChI=1S/C14H36OP3.3ClH/c1-16(2,3)11-14(10-15,12-17(4,5)6)13-18(7,8)9;;;/h15H,10-13H2,1-9H3;3*1H/q+3;;;/p-3. The number of hydrogen-bond acceptors (Lipinski definition) is 1. The number of hydrogen-bond donors (Lipinski definition) is 1. The summed E-state index contributed by atoms with van der Waals surface area (Å²) >= 11 is 0. The summed E-state index contributed by atoms with van der Waals surface area (Å²) in [6, 6.07) is 0. The van der Waals surface area contributed by atoms with Crippen LogP contribution in [0, 0.1) is 5.41 Å². The third-order valence-electron chi connectivity index (χ3n) is 2.76. The lowest BCUT2D eigenvalue weighted by molar-refractivity contribution is -0.00100. The van der Waals surface area contributed by atoms with Crippen LogP contribution in [0.5, 0.6) is 0 Å². The molecule has 7 heteroatoms. The summed E-state index contributed by atoms with van der Waals surface area (Å²) in [5, 5.41) is 10.1. The summed E-state index contributed by atoms with van der Waals surface area (Å²) in [6.45, 7) is 22.1. The van der Waals surface area contributed by atoms with Gasteiger partial charge in [-0.2, -0.15) is 0 Å². The van der Waals surface area contributed by atoms with Gasteiger partial charge < -0.3 is 42.3 Å². The first-order valence-electron chi connectivity index (χ1n) is 6.70. The minimum Gasteiger partial charge on any atom is -1.00 e. The highest BCUT2D eigenvalue weighted by molar-refractivity contribution is 7.75. The summed E-state index contributed by atoms with van der Waals surface area (Å²) in [5.74, 6) is 0. The van der Waals surface area contributed by atoms with Crippen LogP contribution in [0.4, 0.5) is 0 Å². The maximum Gasteiger partial charge on any atom is 0.0937 e. The highest BCUT2D eigenvalue weighted by atomic mass is 35.5. The quantitative estimate of drug-likeness (QED) is 0.409. The average molecular weight is 420 g/mol. The molecule has 1 N–H and O–H groups in total. The van der Waals surface area contributed by atoms with E-state index in [4.69, 9.17) is 0 Å². The van der Waals surface area contributed by atoms with Crippen LogP contribution < -0.4 is 37.2 Å². The monoisotopic (exact) mass is 418 g/mol. The Labute approximate surface area is 154 Å². The van der Waals surface area contributed by atoms with Gasteiger partial charge in [0.25, 0.3) is 0 Å². The predicted octanol–water partition coefficient (Wildman–Crippen LogP) is -5.30. The van der Waals surface area contributed by atoms with Crippen molar-refractivity contribution in [3.05, 3.63) is 0 Å². The molecule has 1 nitrogen and oxygen atoms in total. The summed E-state index contributed by atoms with van der Waals surface area (Å²) < 4.78 is 0. The Morgan fingerprint density at radius 1 is 0.571 bits per heavy atom. The van der Waals surface area contributed by atoms with E-state index in [1.165, 1.54) is 18.5 Å². The van der Waals surface area contributed by atoms with Crippen molar-refractivity contribution in [2.75, 3.05) is 85.1 Å². The minimum atomic E-state index is -0.850. The van der Waals surface area contributed by atoms with Crippen molar-refractivity contribution < 1.29 is 42.3 Å². The van der Waals surface area contributed by atoms with Crippen molar-refractivity contribution in [3.8, 4) is 0 Å². The van der Waals surface area contributed by atoms with E-state index in [-0.39, 0.29) is 42.6 Å². The molecule has 0 saturated heterocycles. The van der Waals surface area contributed by atoms with Crippen LogP contribution >= 0.6 is 21.8 Å². The zero-order valence-corrected chi connectivity index (χ0v) is 20.2. The fraction of sp³-hybridized carbons (Fsp3) is 1.00. The highest BCUT2D eigenvalue weighted by Gasteiger charge is 2.48. The van der Waals surface area contributed by atoms with Crippen LogP contribution in [0.3, 0.4) is 0 Å². The Morgan fingerprint density at radius 2 is 0.762 bits per heavy atom. The van der Waals surface area contributed by atoms with Crippen LogP contribution in [0.15, 0.2) is 0 Å². The molecule has 0 bridgehead atoms. The molecule has 134 valence electrons. The van der Waals surface area contributed by atoms with Gasteiger partial charge in [-0.3, -0.25) is 0 Å². The topological polar surface area (TPSA) is 20.2 Å². The molecule has 0 amide bonds. The van der Waals surface area contributed by atoms with Gasteiger partial charge in [0.05, 0.1) is 30.5 Å². The van der Waals surface area contributed by atoms with Crippen LogP contribution in [-0.2, 0) is 0 Å². The zero-order chi connectivity index (χ0) is 14.8. The SMILES string of the molecule is C[P+](C)(C)CC(CO)(C[P+](C)(C)C)C[P+](C)(C)C.[Cl-].[Cl-].[Cl-]. The van der Waals surface area contributed by atoms with Gasteiger partial charge in [-0.25, -0.2) is 0 Å². The largest absolute Gasteiger partial charge is 1.00 e. The Morgan fingerprint density at radius 3 is 0.857 bits per heavy atom. The third kappa shape index (κ3) is 16.8. The summed E-state index contributed by atoms with van der Waals surface area (Å²) in [5.41, 5.74) is 0.198. The lowest BCUT2D eigenvalue weighted by Crippen LogP contribution is -3.00. The molecule has 0 heterocycles. The van der Waals surface area contributed by atoms with Gasteiger partial charge in [-0.05, 0) is 0 Å². The van der Waals surface area contributed by atoms with Crippen molar-refractivity contribution in [1.29, 1.82) is 0 Å². The highest BCUT2D eigenvalue weighted by Crippen LogP contribution is 2.62. The third-order valence-corrected chi connectivity index (χ3v) is 7.62. The van der Waals surface area contributed by atoms with Crippen molar-refractivity contribution in [3.63, 3.8) is 0 Å². The van der Waals surface area contributed by atoms with Gasteiger partial charge in [0.15, 0.2) is 0 Å². The fourth-order valence-electron chi connectivity index (χ4n) is 3.32. The number of halogens is 3. The molecule has 0 spiro atoms. The second-order valence-electron chi connectivity index (χ2n) is 9.00. The Bertz CT molecular complexity index is 227. The minimum absolute atomic E-state index is 0. The Balaban J connectivity index is -0.000000482. The molecule has 0 aliphatic rings. The molecule has 0 saturated carbocycles. The first-order chi connectivity index (χ1) is 7.68. The number of rotatable bonds is 7. The lowest BCUT2D eigenvalue weighted by atomic mass is 9.97. The van der Waals surface area contributed by atoms with E-state index in [0.29, 0.717) is 6.61 Å². The van der Waals surface area contributed by atoms with E-state index in [1.807, 2.05) is 0 Å². The molecule has 21 heavy (non-hydrogen) atoms. The summed E-state index contributed by atoms with van der Waals surface area (Å²) in [6.07, 6.45) is 3.77. The smallest absolute Gasteiger partial charge is 0.0937 e. The van der Waals surface area contributed by atoms with Gasteiger partial charge in [0.1, 0.15) is 0 Å². The molecule has 0 atom stereocenters. The molecule has 0 aromatic rings. The van der Waals surface area contributed by atoms with E-state index < -0.39 is 21.8 Å². The normalized spacial score (nSPS) is 12.9. The molecular weight excluding hydrogens is 383 g/mol. The second kappa shape index (κ2) is 10.9. The van der Waals surface area contributed by atoms with Crippen molar-refractivity contribution in [2.45, 2.75) is 0 Å². The van der Waals surface area contributed by atoms with Crippen LogP contribution in [0.25, 0.3) is 0 Å². The molecular formula is C14H36Cl3OP3. The van der Waals surface area contributed by atoms with E-state index in [1.54, 1.807) is 0 Å². The Hall–Kier alpha value is 2.12. The van der Waals surface area contributed by atoms with E-state index in [2.05, 4.69) is 60.0 Å². The molecule has 0 aromatic carbocycles. The van der Waals surface area contributed by atoms with Crippen LogP contribution in [0.1, 0.15) is 0 Å². The molecule has 0 fully saturated rings. The average Bonchev–Trinajstić information content (AvgIpc) is 1.93. The van der Waals surface area contributed by atoms with Crippen molar-refractivity contribution >= 4 is 21.8 Å². The fourth-order valence-corrected chi connectivity index (χ4v) is 10.9. The maximum atomic E-state index is 10.1.